The van der Waals surface area contributed by atoms with Crippen molar-refractivity contribution in [3.05, 3.63) is 78.1 Å². The van der Waals surface area contributed by atoms with Crippen molar-refractivity contribution >= 4 is 12.4 Å². The van der Waals surface area contributed by atoms with E-state index in [9.17, 15) is 8.78 Å². The van der Waals surface area contributed by atoms with Gasteiger partial charge in [0.25, 0.3) is 0 Å². The summed E-state index contributed by atoms with van der Waals surface area (Å²) < 4.78 is 32.4. The lowest BCUT2D eigenvalue weighted by atomic mass is 10.0. The summed E-state index contributed by atoms with van der Waals surface area (Å²) in [5, 5.41) is 0. The van der Waals surface area contributed by atoms with Gasteiger partial charge in [0.2, 0.25) is 0 Å². The van der Waals surface area contributed by atoms with Crippen LogP contribution in [-0.2, 0) is 6.61 Å². The molecule has 120 valence electrons. The fourth-order valence-corrected chi connectivity index (χ4v) is 2.28. The van der Waals surface area contributed by atoms with Crippen molar-refractivity contribution in [2.75, 3.05) is 0 Å². The van der Waals surface area contributed by atoms with E-state index < -0.39 is 11.6 Å². The zero-order valence-electron chi connectivity index (χ0n) is 12.7. The number of halogens is 2. The molecule has 3 nitrogen and oxygen atoms in total. The molecule has 0 spiro atoms. The van der Waals surface area contributed by atoms with Crippen molar-refractivity contribution in [1.82, 2.24) is 4.98 Å². The lowest BCUT2D eigenvalue weighted by Crippen LogP contribution is -1.97. The zero-order valence-corrected chi connectivity index (χ0v) is 12.7. The fraction of sp³-hybridized carbons (Fsp3) is 0.0526. The second-order valence-electron chi connectivity index (χ2n) is 5.08. The molecule has 0 amide bonds. The van der Waals surface area contributed by atoms with Gasteiger partial charge in [-0.25, -0.2) is 8.78 Å². The molecule has 0 radical (unpaired) electrons. The molecule has 0 unspecified atom stereocenters. The van der Waals surface area contributed by atoms with Gasteiger partial charge in [-0.3, -0.25) is 9.98 Å². The highest BCUT2D eigenvalue weighted by Crippen LogP contribution is 2.34. The number of pyridine rings is 1. The Morgan fingerprint density at radius 2 is 1.88 bits per heavy atom. The first-order valence-electron chi connectivity index (χ1n) is 7.26. The predicted octanol–water partition coefficient (Wildman–Crippen LogP) is 4.94. The van der Waals surface area contributed by atoms with Gasteiger partial charge in [-0.05, 0) is 54.7 Å². The molecule has 1 heterocycles. The molecule has 0 atom stereocenters. The minimum Gasteiger partial charge on any atom is -0.487 e. The molecule has 0 fully saturated rings. The number of rotatable bonds is 5. The number of aromatic nitrogens is 1. The van der Waals surface area contributed by atoms with Gasteiger partial charge in [-0.15, -0.1) is 0 Å². The summed E-state index contributed by atoms with van der Waals surface area (Å²) >= 11 is 0. The Hall–Kier alpha value is -3.08. The summed E-state index contributed by atoms with van der Waals surface area (Å²) in [7, 11) is 0. The topological polar surface area (TPSA) is 34.5 Å². The third-order valence-electron chi connectivity index (χ3n) is 3.48. The van der Waals surface area contributed by atoms with Crippen LogP contribution in [0.2, 0.25) is 0 Å². The first-order chi connectivity index (χ1) is 11.7. The lowest BCUT2D eigenvalue weighted by Gasteiger charge is -2.11. The quantitative estimate of drug-likeness (QED) is 0.623. The van der Waals surface area contributed by atoms with Crippen LogP contribution in [0.25, 0.3) is 11.1 Å². The molecular formula is C19H14F2N2O. The van der Waals surface area contributed by atoms with E-state index in [0.29, 0.717) is 29.2 Å². The Balaban J connectivity index is 1.90. The highest BCUT2D eigenvalue weighted by molar-refractivity contribution is 5.78. The standard InChI is InChI=1S/C19H14F2N2O/c1-22-19-8-6-15(24-12-14-4-2-3-9-23-14)11-16(19)13-5-7-17(20)18(21)10-13/h2-11H,1,12H2. The summed E-state index contributed by atoms with van der Waals surface area (Å²) in [5.41, 5.74) is 2.46. The lowest BCUT2D eigenvalue weighted by molar-refractivity contribution is 0.301. The van der Waals surface area contributed by atoms with Crippen molar-refractivity contribution in [1.29, 1.82) is 0 Å². The Morgan fingerprint density at radius 3 is 2.58 bits per heavy atom. The van der Waals surface area contributed by atoms with Gasteiger partial charge in [-0.1, -0.05) is 12.1 Å². The van der Waals surface area contributed by atoms with E-state index in [1.807, 2.05) is 18.2 Å². The smallest absolute Gasteiger partial charge is 0.159 e. The van der Waals surface area contributed by atoms with Crippen molar-refractivity contribution < 1.29 is 13.5 Å². The van der Waals surface area contributed by atoms with Crippen LogP contribution in [0.4, 0.5) is 14.5 Å². The summed E-state index contributed by atoms with van der Waals surface area (Å²) in [6.45, 7) is 3.82. The Kier molecular flexibility index (Phi) is 4.61. The number of aliphatic imine (C=N–C) groups is 1. The SMILES string of the molecule is C=Nc1ccc(OCc2ccccn2)cc1-c1ccc(F)c(F)c1. The van der Waals surface area contributed by atoms with Crippen molar-refractivity contribution in [2.45, 2.75) is 6.61 Å². The third kappa shape index (κ3) is 3.46. The Labute approximate surface area is 138 Å². The highest BCUT2D eigenvalue weighted by atomic mass is 19.2. The highest BCUT2D eigenvalue weighted by Gasteiger charge is 2.10. The minimum absolute atomic E-state index is 0.304. The van der Waals surface area contributed by atoms with Gasteiger partial charge in [0.05, 0.1) is 11.4 Å². The van der Waals surface area contributed by atoms with Gasteiger partial charge in [0.1, 0.15) is 12.4 Å². The van der Waals surface area contributed by atoms with Crippen LogP contribution in [0, 0.1) is 11.6 Å². The third-order valence-corrected chi connectivity index (χ3v) is 3.48. The number of hydrogen-bond donors (Lipinski definition) is 0. The zero-order chi connectivity index (χ0) is 16.9. The molecule has 0 aliphatic carbocycles. The molecule has 5 heteroatoms. The van der Waals surface area contributed by atoms with E-state index in [4.69, 9.17) is 4.74 Å². The number of benzene rings is 2. The number of ether oxygens (including phenoxy) is 1. The largest absolute Gasteiger partial charge is 0.487 e. The van der Waals surface area contributed by atoms with Crippen LogP contribution < -0.4 is 4.74 Å². The van der Waals surface area contributed by atoms with E-state index in [2.05, 4.69) is 16.7 Å². The minimum atomic E-state index is -0.915. The van der Waals surface area contributed by atoms with Crippen LogP contribution in [0.15, 0.2) is 65.8 Å². The van der Waals surface area contributed by atoms with E-state index in [1.165, 1.54) is 6.07 Å². The van der Waals surface area contributed by atoms with Crippen LogP contribution >= 0.6 is 0 Å². The number of nitrogens with zero attached hydrogens (tertiary/aromatic N) is 2. The maximum absolute atomic E-state index is 13.5. The monoisotopic (exact) mass is 324 g/mol. The molecule has 2 aromatic carbocycles. The van der Waals surface area contributed by atoms with Gasteiger partial charge >= 0.3 is 0 Å². The molecule has 3 rings (SSSR count). The normalized spacial score (nSPS) is 10.4. The molecule has 0 saturated heterocycles. The van der Waals surface area contributed by atoms with E-state index in [1.54, 1.807) is 24.4 Å². The summed E-state index contributed by atoms with van der Waals surface area (Å²) in [4.78, 5) is 8.11. The summed E-state index contributed by atoms with van der Waals surface area (Å²) in [6, 6.07) is 14.5. The van der Waals surface area contributed by atoms with E-state index in [-0.39, 0.29) is 0 Å². The van der Waals surface area contributed by atoms with Crippen molar-refractivity contribution in [3.8, 4) is 16.9 Å². The molecule has 0 saturated carbocycles. The summed E-state index contributed by atoms with van der Waals surface area (Å²) in [6.07, 6.45) is 1.69. The summed E-state index contributed by atoms with van der Waals surface area (Å²) in [5.74, 6) is -1.23. The Bertz CT molecular complexity index is 866. The Morgan fingerprint density at radius 1 is 1.00 bits per heavy atom. The average molecular weight is 324 g/mol. The average Bonchev–Trinajstić information content (AvgIpc) is 2.63. The van der Waals surface area contributed by atoms with Crippen LogP contribution in [-0.4, -0.2) is 11.7 Å². The van der Waals surface area contributed by atoms with E-state index >= 15 is 0 Å². The first-order valence-corrected chi connectivity index (χ1v) is 7.26. The predicted molar refractivity (Wildman–Crippen MR) is 89.6 cm³/mol. The fourth-order valence-electron chi connectivity index (χ4n) is 2.28. The second kappa shape index (κ2) is 7.00. The molecular weight excluding hydrogens is 310 g/mol. The van der Waals surface area contributed by atoms with Gasteiger partial charge in [-0.2, -0.15) is 0 Å². The molecule has 3 aromatic rings. The molecule has 0 aliphatic rings. The van der Waals surface area contributed by atoms with Crippen molar-refractivity contribution in [3.63, 3.8) is 0 Å². The van der Waals surface area contributed by atoms with Gasteiger partial charge in [0, 0.05) is 11.8 Å². The van der Waals surface area contributed by atoms with Crippen LogP contribution in [0.3, 0.4) is 0 Å². The molecule has 0 N–H and O–H groups in total. The second-order valence-corrected chi connectivity index (χ2v) is 5.08. The van der Waals surface area contributed by atoms with Crippen molar-refractivity contribution in [2.24, 2.45) is 4.99 Å². The van der Waals surface area contributed by atoms with Gasteiger partial charge in [0.15, 0.2) is 11.6 Å². The molecule has 24 heavy (non-hydrogen) atoms. The van der Waals surface area contributed by atoms with Crippen LogP contribution in [0.1, 0.15) is 5.69 Å². The molecule has 0 aliphatic heterocycles. The maximum atomic E-state index is 13.5. The van der Waals surface area contributed by atoms with E-state index in [0.717, 1.165) is 17.8 Å². The molecule has 1 aromatic heterocycles. The van der Waals surface area contributed by atoms with Crippen LogP contribution in [0.5, 0.6) is 5.75 Å². The number of hydrogen-bond acceptors (Lipinski definition) is 3. The first kappa shape index (κ1) is 15.8. The molecule has 0 bridgehead atoms. The maximum Gasteiger partial charge on any atom is 0.159 e. The van der Waals surface area contributed by atoms with Gasteiger partial charge < -0.3 is 4.74 Å².